The van der Waals surface area contributed by atoms with Crippen molar-refractivity contribution in [2.45, 2.75) is 52.6 Å². The monoisotopic (exact) mass is 277 g/mol. The smallest absolute Gasteiger partial charge is 0.239 e. The van der Waals surface area contributed by atoms with Crippen LogP contribution in [0.5, 0.6) is 0 Å². The van der Waals surface area contributed by atoms with Crippen LogP contribution in [-0.4, -0.2) is 23.6 Å². The van der Waals surface area contributed by atoms with Gasteiger partial charge in [-0.3, -0.25) is 4.79 Å². The van der Waals surface area contributed by atoms with E-state index in [2.05, 4.69) is 43.8 Å². The highest BCUT2D eigenvalue weighted by atomic mass is 16.1. The number of nitrogens with one attached hydrogen (secondary N) is 2. The number of aryl methyl sites for hydroxylation is 1. The van der Waals surface area contributed by atoms with Crippen molar-refractivity contribution in [3.05, 3.63) is 23.5 Å². The molecule has 1 aromatic heterocycles. The SMILES string of the molecule is CCNC1CCCc2cn(CC(=O)NCC(C)C)cc21. The Bertz CT molecular complexity index is 451. The summed E-state index contributed by atoms with van der Waals surface area (Å²) in [4.78, 5) is 11.9. The summed E-state index contributed by atoms with van der Waals surface area (Å²) in [5, 5.41) is 6.51. The van der Waals surface area contributed by atoms with Crippen LogP contribution < -0.4 is 10.6 Å². The zero-order valence-electron chi connectivity index (χ0n) is 12.9. The fourth-order valence-corrected chi connectivity index (χ4v) is 2.84. The standard InChI is InChI=1S/C16H27N3O/c1-4-17-15-7-5-6-13-9-19(10-14(13)15)11-16(20)18-8-12(2)3/h9-10,12,15,17H,4-8,11H2,1-3H3,(H,18,20). The summed E-state index contributed by atoms with van der Waals surface area (Å²) in [5.41, 5.74) is 2.79. The fraction of sp³-hybridized carbons (Fsp3) is 0.688. The van der Waals surface area contributed by atoms with Gasteiger partial charge in [-0.1, -0.05) is 20.8 Å². The number of fused-ring (bicyclic) bond motifs is 1. The minimum absolute atomic E-state index is 0.103. The summed E-state index contributed by atoms with van der Waals surface area (Å²) < 4.78 is 2.04. The Labute approximate surface area is 121 Å². The third-order valence-corrected chi connectivity index (χ3v) is 3.80. The lowest BCUT2D eigenvalue weighted by molar-refractivity contribution is -0.121. The molecule has 0 bridgehead atoms. The Morgan fingerprint density at radius 1 is 1.45 bits per heavy atom. The molecule has 20 heavy (non-hydrogen) atoms. The minimum atomic E-state index is 0.103. The van der Waals surface area contributed by atoms with E-state index in [9.17, 15) is 4.79 Å². The number of amides is 1. The number of carbonyl (C=O) groups excluding carboxylic acids is 1. The van der Waals surface area contributed by atoms with Crippen molar-refractivity contribution in [3.63, 3.8) is 0 Å². The summed E-state index contributed by atoms with van der Waals surface area (Å²) in [5.74, 6) is 0.598. The van der Waals surface area contributed by atoms with Crippen LogP contribution in [0.1, 0.15) is 50.8 Å². The number of nitrogens with zero attached hydrogens (tertiary/aromatic N) is 1. The van der Waals surface area contributed by atoms with Crippen LogP contribution in [0.4, 0.5) is 0 Å². The average molecular weight is 277 g/mol. The van der Waals surface area contributed by atoms with Gasteiger partial charge in [-0.2, -0.15) is 0 Å². The first-order valence-corrected chi connectivity index (χ1v) is 7.78. The normalized spacial score (nSPS) is 18.1. The zero-order valence-corrected chi connectivity index (χ0v) is 12.9. The van der Waals surface area contributed by atoms with Gasteiger partial charge in [-0.25, -0.2) is 0 Å². The van der Waals surface area contributed by atoms with Gasteiger partial charge >= 0.3 is 0 Å². The van der Waals surface area contributed by atoms with Gasteiger partial charge in [-0.05, 0) is 42.9 Å². The second-order valence-electron chi connectivity index (χ2n) is 6.11. The second-order valence-corrected chi connectivity index (χ2v) is 6.11. The summed E-state index contributed by atoms with van der Waals surface area (Å²) in [7, 11) is 0. The highest BCUT2D eigenvalue weighted by molar-refractivity contribution is 5.75. The molecular weight excluding hydrogens is 250 g/mol. The van der Waals surface area contributed by atoms with Gasteiger partial charge in [0.25, 0.3) is 0 Å². The number of hydrogen-bond acceptors (Lipinski definition) is 2. The molecule has 4 nitrogen and oxygen atoms in total. The topological polar surface area (TPSA) is 46.1 Å². The van der Waals surface area contributed by atoms with Gasteiger partial charge in [0.2, 0.25) is 5.91 Å². The van der Waals surface area contributed by atoms with Gasteiger partial charge in [0.1, 0.15) is 6.54 Å². The third-order valence-electron chi connectivity index (χ3n) is 3.80. The molecule has 2 N–H and O–H groups in total. The van der Waals surface area contributed by atoms with Gasteiger partial charge in [-0.15, -0.1) is 0 Å². The molecule has 0 saturated carbocycles. The van der Waals surface area contributed by atoms with Crippen LogP contribution >= 0.6 is 0 Å². The lowest BCUT2D eigenvalue weighted by atomic mass is 9.91. The largest absolute Gasteiger partial charge is 0.354 e. The van der Waals surface area contributed by atoms with Crippen LogP contribution in [0.3, 0.4) is 0 Å². The Morgan fingerprint density at radius 2 is 2.25 bits per heavy atom. The van der Waals surface area contributed by atoms with Crippen LogP contribution in [-0.2, 0) is 17.8 Å². The maximum absolute atomic E-state index is 11.9. The number of hydrogen-bond donors (Lipinski definition) is 2. The van der Waals surface area contributed by atoms with E-state index in [-0.39, 0.29) is 5.91 Å². The van der Waals surface area contributed by atoms with E-state index in [0.717, 1.165) is 19.5 Å². The molecule has 0 aliphatic heterocycles. The maximum Gasteiger partial charge on any atom is 0.239 e. The van der Waals surface area contributed by atoms with E-state index in [4.69, 9.17) is 0 Å². The summed E-state index contributed by atoms with van der Waals surface area (Å²) in [6.07, 6.45) is 7.86. The first kappa shape index (κ1) is 15.1. The lowest BCUT2D eigenvalue weighted by Gasteiger charge is -2.22. The molecule has 1 aliphatic rings. The lowest BCUT2D eigenvalue weighted by Crippen LogP contribution is -2.30. The predicted octanol–water partition coefficient (Wildman–Crippen LogP) is 2.25. The molecule has 2 rings (SSSR count). The first-order valence-electron chi connectivity index (χ1n) is 7.78. The number of aromatic nitrogens is 1. The van der Waals surface area contributed by atoms with Crippen molar-refractivity contribution >= 4 is 5.91 Å². The quantitative estimate of drug-likeness (QED) is 0.838. The molecule has 1 atom stereocenters. The van der Waals surface area contributed by atoms with Gasteiger partial charge < -0.3 is 15.2 Å². The Kier molecular flexibility index (Phi) is 5.24. The van der Waals surface area contributed by atoms with E-state index < -0.39 is 0 Å². The fourth-order valence-electron chi connectivity index (χ4n) is 2.84. The van der Waals surface area contributed by atoms with Crippen molar-refractivity contribution < 1.29 is 4.79 Å². The highest BCUT2D eigenvalue weighted by Gasteiger charge is 2.21. The molecule has 0 saturated heterocycles. The molecule has 0 radical (unpaired) electrons. The van der Waals surface area contributed by atoms with Crippen LogP contribution in [0.15, 0.2) is 12.4 Å². The molecular formula is C16H27N3O. The molecule has 1 heterocycles. The molecule has 1 aromatic rings. The van der Waals surface area contributed by atoms with Crippen LogP contribution in [0, 0.1) is 5.92 Å². The summed E-state index contributed by atoms with van der Waals surface area (Å²) >= 11 is 0. The van der Waals surface area contributed by atoms with E-state index in [1.54, 1.807) is 0 Å². The van der Waals surface area contributed by atoms with E-state index in [1.165, 1.54) is 24.0 Å². The number of rotatable bonds is 6. The molecule has 1 amide bonds. The van der Waals surface area contributed by atoms with Gasteiger partial charge in [0, 0.05) is 25.0 Å². The first-order chi connectivity index (χ1) is 9.60. The number of carbonyl (C=O) groups is 1. The molecule has 1 aliphatic carbocycles. The van der Waals surface area contributed by atoms with Crippen molar-refractivity contribution in [2.24, 2.45) is 5.92 Å². The van der Waals surface area contributed by atoms with Crippen molar-refractivity contribution in [3.8, 4) is 0 Å². The Balaban J connectivity index is 1.98. The molecule has 112 valence electrons. The molecule has 0 spiro atoms. The molecule has 1 unspecified atom stereocenters. The van der Waals surface area contributed by atoms with E-state index in [0.29, 0.717) is 18.5 Å². The zero-order chi connectivity index (χ0) is 14.5. The van der Waals surface area contributed by atoms with E-state index in [1.807, 2.05) is 4.57 Å². The molecule has 4 heteroatoms. The average Bonchev–Trinajstić information content (AvgIpc) is 2.80. The molecule has 0 fully saturated rings. The highest BCUT2D eigenvalue weighted by Crippen LogP contribution is 2.30. The summed E-state index contributed by atoms with van der Waals surface area (Å²) in [6, 6.07) is 0.462. The maximum atomic E-state index is 11.9. The Hall–Kier alpha value is -1.29. The van der Waals surface area contributed by atoms with Crippen molar-refractivity contribution in [2.75, 3.05) is 13.1 Å². The predicted molar refractivity (Wildman–Crippen MR) is 81.6 cm³/mol. The van der Waals surface area contributed by atoms with E-state index >= 15 is 0 Å². The van der Waals surface area contributed by atoms with Crippen molar-refractivity contribution in [1.82, 2.24) is 15.2 Å². The van der Waals surface area contributed by atoms with Crippen molar-refractivity contribution in [1.29, 1.82) is 0 Å². The molecule has 0 aromatic carbocycles. The van der Waals surface area contributed by atoms with Crippen LogP contribution in [0.25, 0.3) is 0 Å². The Morgan fingerprint density at radius 3 is 2.95 bits per heavy atom. The van der Waals surface area contributed by atoms with Gasteiger partial charge in [0.05, 0.1) is 0 Å². The third kappa shape index (κ3) is 3.85. The minimum Gasteiger partial charge on any atom is -0.354 e. The van der Waals surface area contributed by atoms with Crippen LogP contribution in [0.2, 0.25) is 0 Å². The summed E-state index contributed by atoms with van der Waals surface area (Å²) in [6.45, 7) is 8.53. The second kappa shape index (κ2) is 6.93. The van der Waals surface area contributed by atoms with Gasteiger partial charge in [0.15, 0.2) is 0 Å².